The average Bonchev–Trinajstić information content (AvgIpc) is 2.89. The average molecular weight is 669 g/mol. The first-order valence-electron chi connectivity index (χ1n) is 12.7. The van der Waals surface area contributed by atoms with Crippen LogP contribution in [0.2, 0.25) is 10.0 Å². The van der Waals surface area contributed by atoms with Crippen molar-refractivity contribution in [1.29, 1.82) is 0 Å². The van der Waals surface area contributed by atoms with Gasteiger partial charge >= 0.3 is 0 Å². The van der Waals surface area contributed by atoms with Gasteiger partial charge in [-0.05, 0) is 75.2 Å². The van der Waals surface area contributed by atoms with Crippen molar-refractivity contribution in [3.8, 4) is 0 Å². The van der Waals surface area contributed by atoms with Crippen molar-refractivity contribution in [1.82, 2.24) is 10.2 Å². The molecular weight excluding hydrogens is 637 g/mol. The summed E-state index contributed by atoms with van der Waals surface area (Å²) in [5.74, 6) is -0.907. The summed E-state index contributed by atoms with van der Waals surface area (Å²) < 4.78 is 29.6. The van der Waals surface area contributed by atoms with Crippen molar-refractivity contribution in [3.63, 3.8) is 0 Å². The van der Waals surface area contributed by atoms with Gasteiger partial charge in [0.05, 0.1) is 10.6 Å². The largest absolute Gasteiger partial charge is 0.352 e. The normalized spacial score (nSPS) is 12.9. The Kier molecular flexibility index (Phi) is 11.1. The lowest BCUT2D eigenvalue weighted by Gasteiger charge is -2.32. The number of hydrogen-bond donors (Lipinski definition) is 1. The van der Waals surface area contributed by atoms with Crippen molar-refractivity contribution in [3.05, 3.63) is 92.4 Å². The second-order valence-electron chi connectivity index (χ2n) is 9.60. The van der Waals surface area contributed by atoms with Crippen LogP contribution in [0.5, 0.6) is 0 Å². The Morgan fingerprint density at radius 2 is 1.60 bits per heavy atom. The number of nitrogens with zero attached hydrogens (tertiary/aromatic N) is 2. The summed E-state index contributed by atoms with van der Waals surface area (Å²) in [6, 6.07) is 17.1. The van der Waals surface area contributed by atoms with Crippen LogP contribution in [-0.4, -0.2) is 43.8 Å². The van der Waals surface area contributed by atoms with E-state index in [0.29, 0.717) is 0 Å². The molecule has 0 saturated heterocycles. The third-order valence-electron chi connectivity index (χ3n) is 6.43. The van der Waals surface area contributed by atoms with Crippen LogP contribution < -0.4 is 9.62 Å². The molecule has 0 bridgehead atoms. The molecule has 0 saturated carbocycles. The van der Waals surface area contributed by atoms with Crippen LogP contribution in [0, 0.1) is 6.92 Å². The van der Waals surface area contributed by atoms with Gasteiger partial charge in [0.2, 0.25) is 11.8 Å². The third kappa shape index (κ3) is 8.22. The van der Waals surface area contributed by atoms with Crippen molar-refractivity contribution in [2.24, 2.45) is 0 Å². The van der Waals surface area contributed by atoms with Crippen molar-refractivity contribution < 1.29 is 18.0 Å². The fourth-order valence-electron chi connectivity index (χ4n) is 3.93. The number of rotatable bonds is 11. The molecule has 0 unspecified atom stereocenters. The van der Waals surface area contributed by atoms with Gasteiger partial charge in [0, 0.05) is 27.1 Å². The molecule has 7 nitrogen and oxygen atoms in total. The van der Waals surface area contributed by atoms with Gasteiger partial charge in [-0.25, -0.2) is 8.42 Å². The standard InChI is InChI=1S/C29H32BrCl2N3O4S/c1-5-20(3)33-29(37)21(4)34(17-22-7-6-8-23(30)13-22)28(36)18-35(26-15-24(31)14-25(32)16-26)40(38,39)27-11-9-19(2)10-12-27/h6-16,20-21H,5,17-18H2,1-4H3,(H,33,37)/t20-,21-/m1/s1. The molecule has 0 heterocycles. The van der Waals surface area contributed by atoms with E-state index in [1.807, 2.05) is 45.0 Å². The van der Waals surface area contributed by atoms with Gasteiger partial charge in [-0.1, -0.05) is 75.9 Å². The van der Waals surface area contributed by atoms with Crippen LogP contribution in [-0.2, 0) is 26.2 Å². The number of carbonyl (C=O) groups excluding carboxylic acids is 2. The number of sulfonamides is 1. The molecule has 0 radical (unpaired) electrons. The van der Waals surface area contributed by atoms with Crippen molar-refractivity contribution in [2.75, 3.05) is 10.8 Å². The second-order valence-corrected chi connectivity index (χ2v) is 13.2. The Bertz CT molecular complexity index is 1450. The molecule has 0 spiro atoms. The van der Waals surface area contributed by atoms with Crippen LogP contribution in [0.25, 0.3) is 0 Å². The van der Waals surface area contributed by atoms with E-state index in [-0.39, 0.29) is 39.1 Å². The first-order valence-corrected chi connectivity index (χ1v) is 15.7. The zero-order valence-electron chi connectivity index (χ0n) is 22.7. The summed E-state index contributed by atoms with van der Waals surface area (Å²) >= 11 is 15.9. The zero-order valence-corrected chi connectivity index (χ0v) is 26.6. The van der Waals surface area contributed by atoms with E-state index < -0.39 is 28.5 Å². The van der Waals surface area contributed by atoms with Crippen LogP contribution in [0.15, 0.2) is 76.1 Å². The summed E-state index contributed by atoms with van der Waals surface area (Å²) in [6.07, 6.45) is 0.718. The number of hydrogen-bond acceptors (Lipinski definition) is 4. The van der Waals surface area contributed by atoms with Gasteiger partial charge in [0.15, 0.2) is 0 Å². The quantitative estimate of drug-likeness (QED) is 0.250. The lowest BCUT2D eigenvalue weighted by molar-refractivity contribution is -0.139. The molecule has 214 valence electrons. The molecule has 2 atom stereocenters. The van der Waals surface area contributed by atoms with E-state index in [4.69, 9.17) is 23.2 Å². The maximum atomic E-state index is 14.0. The molecule has 0 fully saturated rings. The summed E-state index contributed by atoms with van der Waals surface area (Å²) in [4.78, 5) is 28.5. The van der Waals surface area contributed by atoms with E-state index in [9.17, 15) is 18.0 Å². The minimum absolute atomic E-state index is 0.00287. The minimum Gasteiger partial charge on any atom is -0.352 e. The number of carbonyl (C=O) groups is 2. The Labute approximate surface area is 254 Å². The van der Waals surface area contributed by atoms with E-state index >= 15 is 0 Å². The maximum absolute atomic E-state index is 14.0. The van der Waals surface area contributed by atoms with Crippen LogP contribution >= 0.6 is 39.1 Å². The first-order chi connectivity index (χ1) is 18.8. The molecule has 3 aromatic rings. The molecule has 0 aliphatic rings. The lowest BCUT2D eigenvalue weighted by atomic mass is 10.1. The number of anilines is 1. The Balaban J connectivity index is 2.06. The molecule has 3 aromatic carbocycles. The van der Waals surface area contributed by atoms with E-state index in [1.165, 1.54) is 35.2 Å². The summed E-state index contributed by atoms with van der Waals surface area (Å²) in [5.41, 5.74) is 1.78. The van der Waals surface area contributed by atoms with Crippen LogP contribution in [0.1, 0.15) is 38.3 Å². The summed E-state index contributed by atoms with van der Waals surface area (Å²) in [5, 5.41) is 3.34. The van der Waals surface area contributed by atoms with Gasteiger partial charge in [-0.3, -0.25) is 13.9 Å². The zero-order chi connectivity index (χ0) is 29.6. The van der Waals surface area contributed by atoms with Gasteiger partial charge in [-0.2, -0.15) is 0 Å². The highest BCUT2D eigenvalue weighted by molar-refractivity contribution is 9.10. The van der Waals surface area contributed by atoms with Gasteiger partial charge < -0.3 is 10.2 Å². The van der Waals surface area contributed by atoms with Crippen LogP contribution in [0.3, 0.4) is 0 Å². The number of nitrogens with one attached hydrogen (secondary N) is 1. The highest BCUT2D eigenvalue weighted by atomic mass is 79.9. The number of aryl methyl sites for hydroxylation is 1. The van der Waals surface area contributed by atoms with E-state index in [2.05, 4.69) is 21.2 Å². The molecule has 2 amide bonds. The predicted octanol–water partition coefficient (Wildman–Crippen LogP) is 6.59. The molecular formula is C29H32BrCl2N3O4S. The fraction of sp³-hybridized carbons (Fsp3) is 0.310. The van der Waals surface area contributed by atoms with Gasteiger partial charge in [-0.15, -0.1) is 0 Å². The predicted molar refractivity (Wildman–Crippen MR) is 164 cm³/mol. The second kappa shape index (κ2) is 13.9. The molecule has 40 heavy (non-hydrogen) atoms. The lowest BCUT2D eigenvalue weighted by Crippen LogP contribution is -2.52. The topological polar surface area (TPSA) is 86.8 Å². The molecule has 11 heteroatoms. The molecule has 0 aliphatic carbocycles. The maximum Gasteiger partial charge on any atom is 0.264 e. The first kappa shape index (κ1) is 31.9. The Morgan fingerprint density at radius 3 is 2.17 bits per heavy atom. The van der Waals surface area contributed by atoms with E-state index in [0.717, 1.165) is 26.3 Å². The number of amides is 2. The summed E-state index contributed by atoms with van der Waals surface area (Å²) in [6.45, 7) is 6.81. The molecule has 0 aliphatic heterocycles. The Morgan fingerprint density at radius 1 is 0.975 bits per heavy atom. The van der Waals surface area contributed by atoms with Gasteiger partial charge in [0.1, 0.15) is 12.6 Å². The molecule has 0 aromatic heterocycles. The Hall–Kier alpha value is -2.59. The van der Waals surface area contributed by atoms with Crippen molar-refractivity contribution in [2.45, 2.75) is 57.6 Å². The molecule has 1 N–H and O–H groups in total. The summed E-state index contributed by atoms with van der Waals surface area (Å²) in [7, 11) is -4.22. The van der Waals surface area contributed by atoms with Gasteiger partial charge in [0.25, 0.3) is 10.0 Å². The number of benzene rings is 3. The van der Waals surface area contributed by atoms with Crippen LogP contribution in [0.4, 0.5) is 5.69 Å². The fourth-order valence-corrected chi connectivity index (χ4v) is 6.29. The highest BCUT2D eigenvalue weighted by Crippen LogP contribution is 2.30. The minimum atomic E-state index is -4.22. The highest BCUT2D eigenvalue weighted by Gasteiger charge is 2.33. The monoisotopic (exact) mass is 667 g/mol. The number of halogens is 3. The van der Waals surface area contributed by atoms with Crippen molar-refractivity contribution >= 4 is 66.7 Å². The molecule has 3 rings (SSSR count). The SMILES string of the molecule is CC[C@@H](C)NC(=O)[C@@H](C)N(Cc1cccc(Br)c1)C(=O)CN(c1cc(Cl)cc(Cl)c1)S(=O)(=O)c1ccc(C)cc1. The third-order valence-corrected chi connectivity index (χ3v) is 9.15. The van der Waals surface area contributed by atoms with E-state index in [1.54, 1.807) is 19.1 Å². The smallest absolute Gasteiger partial charge is 0.264 e.